The fraction of sp³-hybridized carbons (Fsp3) is 1.00. The minimum atomic E-state index is 1.13. The van der Waals surface area contributed by atoms with Crippen LogP contribution in [0.5, 0.6) is 0 Å². The van der Waals surface area contributed by atoms with E-state index in [1.54, 1.807) is 0 Å². The van der Waals surface area contributed by atoms with Crippen molar-refractivity contribution in [2.45, 2.75) is 19.3 Å². The third-order valence-electron chi connectivity index (χ3n) is 1.32. The van der Waals surface area contributed by atoms with Gasteiger partial charge in [0, 0.05) is 25.9 Å². The molecular weight excluding hydrogens is 106 g/mol. The molecule has 1 nitrogen and oxygen atoms in total. The Labute approximate surface area is 50.2 Å². The SMILES string of the molecule is [S]N1CCCCC1. The van der Waals surface area contributed by atoms with E-state index in [4.69, 9.17) is 12.8 Å². The highest BCUT2D eigenvalue weighted by Crippen LogP contribution is 2.08. The minimum Gasteiger partial charge on any atom is -0.240 e. The molecule has 0 bridgehead atoms. The minimum absolute atomic E-state index is 1.13. The Bertz CT molecular complexity index is 50.0. The predicted octanol–water partition coefficient (Wildman–Crippen LogP) is 1.58. The van der Waals surface area contributed by atoms with E-state index in [0.29, 0.717) is 0 Å². The molecule has 1 fully saturated rings. The van der Waals surface area contributed by atoms with Crippen LogP contribution in [0.25, 0.3) is 0 Å². The second-order valence-electron chi connectivity index (χ2n) is 1.99. The lowest BCUT2D eigenvalue weighted by Gasteiger charge is -2.18. The van der Waals surface area contributed by atoms with E-state index in [9.17, 15) is 0 Å². The van der Waals surface area contributed by atoms with Crippen molar-refractivity contribution in [2.24, 2.45) is 0 Å². The fourth-order valence-electron chi connectivity index (χ4n) is 0.865. The van der Waals surface area contributed by atoms with Gasteiger partial charge in [0.25, 0.3) is 0 Å². The smallest absolute Gasteiger partial charge is 0.00976 e. The normalized spacial score (nSPS) is 25.3. The number of hydrogen-bond acceptors (Lipinski definition) is 1. The van der Waals surface area contributed by atoms with E-state index in [0.717, 1.165) is 13.1 Å². The van der Waals surface area contributed by atoms with Gasteiger partial charge < -0.3 is 0 Å². The first-order chi connectivity index (χ1) is 3.39. The molecule has 1 rings (SSSR count). The van der Waals surface area contributed by atoms with Gasteiger partial charge >= 0.3 is 0 Å². The van der Waals surface area contributed by atoms with E-state index < -0.39 is 0 Å². The van der Waals surface area contributed by atoms with Crippen molar-refractivity contribution in [3.8, 4) is 0 Å². The van der Waals surface area contributed by atoms with E-state index in [-0.39, 0.29) is 0 Å². The summed E-state index contributed by atoms with van der Waals surface area (Å²) < 4.78 is 1.98. The number of hydrogen-bond donors (Lipinski definition) is 0. The van der Waals surface area contributed by atoms with E-state index in [1.165, 1.54) is 19.3 Å². The average molecular weight is 116 g/mol. The summed E-state index contributed by atoms with van der Waals surface area (Å²) in [6.45, 7) is 2.27. The molecule has 0 atom stereocenters. The molecule has 0 aliphatic carbocycles. The first-order valence-corrected chi connectivity index (χ1v) is 3.18. The molecule has 0 N–H and O–H groups in total. The summed E-state index contributed by atoms with van der Waals surface area (Å²) in [6, 6.07) is 0. The Morgan fingerprint density at radius 2 is 1.57 bits per heavy atom. The predicted molar refractivity (Wildman–Crippen MR) is 33.0 cm³/mol. The van der Waals surface area contributed by atoms with Crippen LogP contribution in [0.4, 0.5) is 0 Å². The van der Waals surface area contributed by atoms with Crippen LogP contribution in [0.2, 0.25) is 0 Å². The fourth-order valence-corrected chi connectivity index (χ4v) is 1.12. The maximum absolute atomic E-state index is 4.92. The third-order valence-corrected chi connectivity index (χ3v) is 1.68. The molecule has 0 spiro atoms. The van der Waals surface area contributed by atoms with Crippen LogP contribution in [0.15, 0.2) is 0 Å². The lowest BCUT2D eigenvalue weighted by Crippen LogP contribution is -2.19. The molecule has 41 valence electrons. The summed E-state index contributed by atoms with van der Waals surface area (Å²) in [5.74, 6) is 0. The van der Waals surface area contributed by atoms with Gasteiger partial charge in [-0.25, -0.2) is 4.31 Å². The van der Waals surface area contributed by atoms with Crippen molar-refractivity contribution >= 4 is 12.8 Å². The lowest BCUT2D eigenvalue weighted by atomic mass is 10.2. The summed E-state index contributed by atoms with van der Waals surface area (Å²) in [4.78, 5) is 0. The maximum Gasteiger partial charge on any atom is 0.00976 e. The summed E-state index contributed by atoms with van der Waals surface area (Å²) in [5.41, 5.74) is 0. The molecule has 7 heavy (non-hydrogen) atoms. The molecule has 0 aromatic rings. The second kappa shape index (κ2) is 2.58. The first kappa shape index (κ1) is 5.45. The van der Waals surface area contributed by atoms with Gasteiger partial charge in [-0.3, -0.25) is 0 Å². The highest BCUT2D eigenvalue weighted by atomic mass is 32.1. The first-order valence-electron chi connectivity index (χ1n) is 2.82. The van der Waals surface area contributed by atoms with Gasteiger partial charge in [0.1, 0.15) is 0 Å². The topological polar surface area (TPSA) is 3.24 Å². The molecule has 1 heterocycles. The van der Waals surface area contributed by atoms with Gasteiger partial charge in [0.15, 0.2) is 0 Å². The Morgan fingerprint density at radius 3 is 1.86 bits per heavy atom. The Morgan fingerprint density at radius 1 is 1.00 bits per heavy atom. The number of nitrogens with zero attached hydrogens (tertiary/aromatic N) is 1. The van der Waals surface area contributed by atoms with E-state index >= 15 is 0 Å². The monoisotopic (exact) mass is 116 g/mol. The number of piperidine rings is 1. The molecule has 0 aromatic carbocycles. The van der Waals surface area contributed by atoms with E-state index in [2.05, 4.69) is 0 Å². The molecule has 1 aliphatic rings. The second-order valence-corrected chi connectivity index (χ2v) is 2.51. The quantitative estimate of drug-likeness (QED) is 0.464. The molecule has 2 heteroatoms. The van der Waals surface area contributed by atoms with Gasteiger partial charge in [-0.05, 0) is 12.8 Å². The maximum atomic E-state index is 4.92. The van der Waals surface area contributed by atoms with Crippen LogP contribution in [-0.4, -0.2) is 17.4 Å². The lowest BCUT2D eigenvalue weighted by molar-refractivity contribution is 0.385. The zero-order chi connectivity index (χ0) is 5.11. The van der Waals surface area contributed by atoms with Gasteiger partial charge in [0.2, 0.25) is 0 Å². The van der Waals surface area contributed by atoms with Gasteiger partial charge in [-0.1, -0.05) is 6.42 Å². The zero-order valence-corrected chi connectivity index (χ0v) is 5.21. The van der Waals surface area contributed by atoms with E-state index in [1.807, 2.05) is 4.31 Å². The molecule has 1 aliphatic heterocycles. The van der Waals surface area contributed by atoms with Crippen molar-refractivity contribution in [1.29, 1.82) is 0 Å². The van der Waals surface area contributed by atoms with Crippen LogP contribution in [0.3, 0.4) is 0 Å². The Balaban J connectivity index is 2.12. The average Bonchev–Trinajstić information content (AvgIpc) is 1.69. The van der Waals surface area contributed by atoms with Crippen molar-refractivity contribution in [1.82, 2.24) is 4.31 Å². The van der Waals surface area contributed by atoms with Gasteiger partial charge in [-0.2, -0.15) is 0 Å². The largest absolute Gasteiger partial charge is 0.240 e. The number of rotatable bonds is 0. The zero-order valence-electron chi connectivity index (χ0n) is 4.39. The molecule has 0 aromatic heterocycles. The van der Waals surface area contributed by atoms with Crippen LogP contribution < -0.4 is 0 Å². The summed E-state index contributed by atoms with van der Waals surface area (Å²) >= 11 is 4.92. The standard InChI is InChI=1S/C5H10NS/c7-6-4-2-1-3-5-6/h1-5H2. The summed E-state index contributed by atoms with van der Waals surface area (Å²) in [6.07, 6.45) is 4.00. The van der Waals surface area contributed by atoms with Crippen molar-refractivity contribution in [2.75, 3.05) is 13.1 Å². The van der Waals surface area contributed by atoms with Crippen molar-refractivity contribution < 1.29 is 0 Å². The molecule has 0 amide bonds. The molecule has 0 saturated carbocycles. The molecule has 0 unspecified atom stereocenters. The van der Waals surface area contributed by atoms with Gasteiger partial charge in [0.05, 0.1) is 0 Å². The van der Waals surface area contributed by atoms with Crippen LogP contribution >= 0.6 is 12.8 Å². The van der Waals surface area contributed by atoms with Crippen molar-refractivity contribution in [3.63, 3.8) is 0 Å². The molecule has 1 saturated heterocycles. The highest BCUT2D eigenvalue weighted by molar-refractivity contribution is 7.77. The van der Waals surface area contributed by atoms with Crippen LogP contribution in [0, 0.1) is 0 Å². The third kappa shape index (κ3) is 1.70. The highest BCUT2D eigenvalue weighted by Gasteiger charge is 2.04. The molecule has 1 radical (unpaired) electrons. The molecular formula is C5H10NS. The summed E-state index contributed by atoms with van der Waals surface area (Å²) in [7, 11) is 0. The Hall–Kier alpha value is 0.310. The summed E-state index contributed by atoms with van der Waals surface area (Å²) in [5, 5.41) is 0. The van der Waals surface area contributed by atoms with Crippen LogP contribution in [0.1, 0.15) is 19.3 Å². The Kier molecular flexibility index (Phi) is 2.00. The van der Waals surface area contributed by atoms with Crippen LogP contribution in [-0.2, 0) is 0 Å². The van der Waals surface area contributed by atoms with Crippen molar-refractivity contribution in [3.05, 3.63) is 0 Å². The van der Waals surface area contributed by atoms with Gasteiger partial charge in [-0.15, -0.1) is 0 Å².